The van der Waals surface area contributed by atoms with Crippen molar-refractivity contribution < 1.29 is 19.7 Å². The Kier molecular flexibility index (Phi) is 9.35. The number of benzene rings is 2. The standard InChI is InChI=1S/C29H35ClN2O4S/c1-20-5-3-6-22(17-20)37-16-4-13-32-14-11-29(12-15-32,28(34)35)10-9-26(33)27-23-18-21(36-2)7-8-25(23)31-19-24(27)30/h3,5-8,17-19,26,33H,4,9-16H2,1-2H3,(H,34,35)/t26-/m1/s1. The van der Waals surface area contributed by atoms with Crippen molar-refractivity contribution in [1.82, 2.24) is 9.88 Å². The summed E-state index contributed by atoms with van der Waals surface area (Å²) in [5.41, 5.74) is 1.73. The molecule has 2 heterocycles. The average Bonchev–Trinajstić information content (AvgIpc) is 2.90. The number of nitrogens with zero attached hydrogens (tertiary/aromatic N) is 2. The molecule has 8 heteroatoms. The number of halogens is 1. The van der Waals surface area contributed by atoms with E-state index in [0.29, 0.717) is 47.5 Å². The fourth-order valence-corrected chi connectivity index (χ4v) is 6.38. The van der Waals surface area contributed by atoms with Gasteiger partial charge in [-0.15, -0.1) is 11.8 Å². The fourth-order valence-electron chi connectivity index (χ4n) is 5.15. The third-order valence-corrected chi connectivity index (χ3v) is 8.82. The van der Waals surface area contributed by atoms with Crippen LogP contribution in [0.25, 0.3) is 10.9 Å². The average molecular weight is 543 g/mol. The fraction of sp³-hybridized carbons (Fsp3) is 0.448. The van der Waals surface area contributed by atoms with Gasteiger partial charge < -0.3 is 19.8 Å². The molecule has 0 unspecified atom stereocenters. The van der Waals surface area contributed by atoms with Crippen LogP contribution >= 0.6 is 23.4 Å². The zero-order chi connectivity index (χ0) is 26.4. The molecule has 1 aliphatic rings. The Morgan fingerprint density at radius 3 is 2.73 bits per heavy atom. The molecule has 0 radical (unpaired) electrons. The summed E-state index contributed by atoms with van der Waals surface area (Å²) in [6, 6.07) is 14.0. The Morgan fingerprint density at radius 1 is 1.24 bits per heavy atom. The molecule has 6 nitrogen and oxygen atoms in total. The number of ether oxygens (including phenoxy) is 1. The van der Waals surface area contributed by atoms with Gasteiger partial charge in [0, 0.05) is 22.0 Å². The van der Waals surface area contributed by atoms with Gasteiger partial charge in [-0.3, -0.25) is 9.78 Å². The van der Waals surface area contributed by atoms with Gasteiger partial charge in [0.1, 0.15) is 5.75 Å². The predicted octanol–water partition coefficient (Wildman–Crippen LogP) is 6.37. The number of pyridine rings is 1. The summed E-state index contributed by atoms with van der Waals surface area (Å²) >= 11 is 8.32. The van der Waals surface area contributed by atoms with Crippen molar-refractivity contribution in [3.63, 3.8) is 0 Å². The molecule has 0 aliphatic carbocycles. The van der Waals surface area contributed by atoms with Crippen LogP contribution in [0.4, 0.5) is 0 Å². The van der Waals surface area contributed by atoms with Crippen molar-refractivity contribution >= 4 is 40.2 Å². The van der Waals surface area contributed by atoms with E-state index >= 15 is 0 Å². The molecule has 1 fully saturated rings. The van der Waals surface area contributed by atoms with E-state index < -0.39 is 17.5 Å². The lowest BCUT2D eigenvalue weighted by Crippen LogP contribution is -2.44. The van der Waals surface area contributed by atoms with Crippen molar-refractivity contribution in [2.45, 2.75) is 50.0 Å². The first-order valence-corrected chi connectivity index (χ1v) is 14.1. The molecule has 1 aromatic heterocycles. The lowest BCUT2D eigenvalue weighted by Gasteiger charge is -2.39. The molecule has 3 aromatic rings. The van der Waals surface area contributed by atoms with E-state index in [9.17, 15) is 15.0 Å². The second-order valence-electron chi connectivity index (χ2n) is 9.90. The summed E-state index contributed by atoms with van der Waals surface area (Å²) in [4.78, 5) is 20.4. The third-order valence-electron chi connectivity index (χ3n) is 7.44. The van der Waals surface area contributed by atoms with Crippen molar-refractivity contribution in [2.24, 2.45) is 5.41 Å². The number of aliphatic carboxylic acids is 1. The number of carboxylic acids is 1. The van der Waals surface area contributed by atoms with Gasteiger partial charge in [-0.2, -0.15) is 0 Å². The quantitative estimate of drug-likeness (QED) is 0.215. The Labute approximate surface area is 228 Å². The number of likely N-dealkylation sites (tertiary alicyclic amines) is 1. The van der Waals surface area contributed by atoms with Gasteiger partial charge in [0.15, 0.2) is 0 Å². The SMILES string of the molecule is COc1ccc2ncc(Cl)c([C@H](O)CCC3(C(=O)O)CCN(CCCSc4cccc(C)c4)CC3)c2c1. The second-order valence-corrected chi connectivity index (χ2v) is 11.5. The smallest absolute Gasteiger partial charge is 0.309 e. The Morgan fingerprint density at radius 2 is 2.03 bits per heavy atom. The number of aliphatic hydroxyl groups excluding tert-OH is 1. The lowest BCUT2D eigenvalue weighted by molar-refractivity contribution is -0.153. The molecule has 2 N–H and O–H groups in total. The topological polar surface area (TPSA) is 82.9 Å². The summed E-state index contributed by atoms with van der Waals surface area (Å²) in [7, 11) is 1.58. The zero-order valence-corrected chi connectivity index (χ0v) is 23.0. The summed E-state index contributed by atoms with van der Waals surface area (Å²) in [5.74, 6) is 0.917. The van der Waals surface area contributed by atoms with E-state index in [-0.39, 0.29) is 0 Å². The second kappa shape index (κ2) is 12.5. The highest BCUT2D eigenvalue weighted by atomic mass is 35.5. The van der Waals surface area contributed by atoms with Gasteiger partial charge in [0.25, 0.3) is 0 Å². The van der Waals surface area contributed by atoms with Crippen LogP contribution in [0.2, 0.25) is 5.02 Å². The Balaban J connectivity index is 1.33. The van der Waals surface area contributed by atoms with Gasteiger partial charge in [0.05, 0.1) is 29.2 Å². The number of methoxy groups -OCH3 is 1. The maximum absolute atomic E-state index is 12.4. The molecular formula is C29H35ClN2O4S. The molecule has 0 spiro atoms. The predicted molar refractivity (Wildman–Crippen MR) is 150 cm³/mol. The van der Waals surface area contributed by atoms with Crippen LogP contribution in [0.5, 0.6) is 5.75 Å². The van der Waals surface area contributed by atoms with Crippen LogP contribution in [0, 0.1) is 12.3 Å². The van der Waals surface area contributed by atoms with Crippen LogP contribution in [0.1, 0.15) is 49.3 Å². The van der Waals surface area contributed by atoms with E-state index in [2.05, 4.69) is 41.1 Å². The number of thioether (sulfide) groups is 1. The number of fused-ring (bicyclic) bond motifs is 1. The molecule has 1 saturated heterocycles. The summed E-state index contributed by atoms with van der Waals surface area (Å²) < 4.78 is 5.34. The van der Waals surface area contributed by atoms with Gasteiger partial charge in [-0.1, -0.05) is 29.3 Å². The molecule has 1 atom stereocenters. The van der Waals surface area contributed by atoms with Crippen LogP contribution < -0.4 is 4.74 Å². The van der Waals surface area contributed by atoms with Crippen molar-refractivity contribution in [2.75, 3.05) is 32.5 Å². The van der Waals surface area contributed by atoms with Crippen molar-refractivity contribution in [3.05, 3.63) is 64.8 Å². The summed E-state index contributed by atoms with van der Waals surface area (Å²) in [6.07, 6.45) is 3.59. The van der Waals surface area contributed by atoms with Gasteiger partial charge in [-0.25, -0.2) is 0 Å². The minimum atomic E-state index is -0.891. The summed E-state index contributed by atoms with van der Waals surface area (Å²) in [5, 5.41) is 22.4. The molecule has 0 amide bonds. The van der Waals surface area contributed by atoms with E-state index in [0.717, 1.165) is 37.2 Å². The minimum Gasteiger partial charge on any atom is -0.497 e. The van der Waals surface area contributed by atoms with Crippen LogP contribution in [-0.2, 0) is 4.79 Å². The first-order chi connectivity index (χ1) is 17.8. The highest BCUT2D eigenvalue weighted by molar-refractivity contribution is 7.99. The van der Waals surface area contributed by atoms with Crippen molar-refractivity contribution in [1.29, 1.82) is 0 Å². The molecule has 2 aromatic carbocycles. The molecule has 1 aliphatic heterocycles. The number of carbonyl (C=O) groups is 1. The van der Waals surface area contributed by atoms with Crippen LogP contribution in [0.3, 0.4) is 0 Å². The molecule has 37 heavy (non-hydrogen) atoms. The first-order valence-electron chi connectivity index (χ1n) is 12.8. The van der Waals surface area contributed by atoms with Crippen LogP contribution in [-0.4, -0.2) is 58.6 Å². The van der Waals surface area contributed by atoms with E-state index in [1.165, 1.54) is 16.7 Å². The number of aromatic nitrogens is 1. The zero-order valence-electron chi connectivity index (χ0n) is 21.5. The number of piperidine rings is 1. The van der Waals surface area contributed by atoms with Crippen molar-refractivity contribution in [3.8, 4) is 5.75 Å². The number of carboxylic acid groups (broad SMARTS) is 1. The first kappa shape index (κ1) is 27.7. The van der Waals surface area contributed by atoms with E-state index in [4.69, 9.17) is 16.3 Å². The highest BCUT2D eigenvalue weighted by Crippen LogP contribution is 2.41. The van der Waals surface area contributed by atoms with E-state index in [1.807, 2.05) is 30.0 Å². The Bertz CT molecular complexity index is 1230. The molecule has 0 bridgehead atoms. The molecule has 198 valence electrons. The number of aryl methyl sites for hydroxylation is 1. The monoisotopic (exact) mass is 542 g/mol. The summed E-state index contributed by atoms with van der Waals surface area (Å²) in [6.45, 7) is 4.59. The van der Waals surface area contributed by atoms with Gasteiger partial charge in [0.2, 0.25) is 0 Å². The molecule has 4 rings (SSSR count). The lowest BCUT2D eigenvalue weighted by atomic mass is 9.74. The molecular weight excluding hydrogens is 508 g/mol. The van der Waals surface area contributed by atoms with E-state index in [1.54, 1.807) is 7.11 Å². The maximum atomic E-state index is 12.4. The number of hydrogen-bond acceptors (Lipinski definition) is 6. The van der Waals surface area contributed by atoms with Gasteiger partial charge in [-0.05, 0) is 94.7 Å². The largest absolute Gasteiger partial charge is 0.497 e. The highest BCUT2D eigenvalue weighted by Gasteiger charge is 2.41. The molecule has 0 saturated carbocycles. The maximum Gasteiger partial charge on any atom is 0.309 e. The number of hydrogen-bond donors (Lipinski definition) is 2. The number of aliphatic hydroxyl groups is 1. The van der Waals surface area contributed by atoms with Crippen LogP contribution in [0.15, 0.2) is 53.6 Å². The van der Waals surface area contributed by atoms with Gasteiger partial charge >= 0.3 is 5.97 Å². The third kappa shape index (κ3) is 6.77. The number of rotatable bonds is 11. The minimum absolute atomic E-state index is 0.315. The normalized spacial score (nSPS) is 16.5. The Hall–Kier alpha value is -2.32.